The van der Waals surface area contributed by atoms with Crippen LogP contribution in [0.3, 0.4) is 0 Å². The molecular weight excluding hydrogens is 266 g/mol. The van der Waals surface area contributed by atoms with Crippen molar-refractivity contribution in [3.8, 4) is 5.75 Å². The van der Waals surface area contributed by atoms with Crippen molar-refractivity contribution < 1.29 is 18.4 Å². The van der Waals surface area contributed by atoms with Crippen molar-refractivity contribution in [3.05, 3.63) is 46.3 Å². The van der Waals surface area contributed by atoms with Gasteiger partial charge < -0.3 is 14.9 Å². The average Bonchev–Trinajstić information content (AvgIpc) is 2.72. The third kappa shape index (κ3) is 2.80. The molecule has 0 spiro atoms. The molecule has 1 atom stereocenters. The molecule has 2 aromatic rings. The smallest absolute Gasteiger partial charge is 0.187 e. The number of phenols is 1. The number of nitrogens with zero attached hydrogens (tertiary/aromatic N) is 1. The number of halogens is 2. The van der Waals surface area contributed by atoms with Crippen molar-refractivity contribution in [1.82, 2.24) is 10.5 Å². The molecule has 1 aromatic carbocycles. The van der Waals surface area contributed by atoms with Gasteiger partial charge in [0.2, 0.25) is 0 Å². The molecule has 0 radical (unpaired) electrons. The first-order valence-electron chi connectivity index (χ1n) is 6.23. The number of benzene rings is 1. The lowest BCUT2D eigenvalue weighted by atomic mass is 10.1. The van der Waals surface area contributed by atoms with E-state index in [0.29, 0.717) is 11.3 Å². The Morgan fingerprint density at radius 2 is 1.90 bits per heavy atom. The third-order valence-electron chi connectivity index (χ3n) is 3.21. The molecule has 108 valence electrons. The van der Waals surface area contributed by atoms with E-state index in [2.05, 4.69) is 10.5 Å². The van der Waals surface area contributed by atoms with Gasteiger partial charge in [-0.1, -0.05) is 5.16 Å². The standard InChI is InChI=1S/C14H16F2N2O2/c1-7(13-8(2)18-20-9(13)3)17-6-10-4-11(15)14(19)12(16)5-10/h4-5,7,17,19H,6H2,1-3H3. The molecule has 2 N–H and O–H groups in total. The molecule has 6 heteroatoms. The SMILES string of the molecule is Cc1noc(C)c1C(C)NCc1cc(F)c(O)c(F)c1. The van der Waals surface area contributed by atoms with E-state index in [9.17, 15) is 8.78 Å². The topological polar surface area (TPSA) is 58.3 Å². The lowest BCUT2D eigenvalue weighted by Gasteiger charge is -2.14. The van der Waals surface area contributed by atoms with E-state index in [1.54, 1.807) is 0 Å². The Kier molecular flexibility index (Phi) is 4.04. The van der Waals surface area contributed by atoms with Crippen molar-refractivity contribution in [2.75, 3.05) is 0 Å². The maximum atomic E-state index is 13.2. The highest BCUT2D eigenvalue weighted by Gasteiger charge is 2.16. The number of rotatable bonds is 4. The van der Waals surface area contributed by atoms with Crippen LogP contribution in [0.4, 0.5) is 8.78 Å². The molecule has 4 nitrogen and oxygen atoms in total. The van der Waals surface area contributed by atoms with Crippen LogP contribution in [0.15, 0.2) is 16.7 Å². The normalized spacial score (nSPS) is 12.7. The number of hydrogen-bond donors (Lipinski definition) is 2. The highest BCUT2D eigenvalue weighted by Crippen LogP contribution is 2.23. The van der Waals surface area contributed by atoms with E-state index < -0.39 is 17.4 Å². The Morgan fingerprint density at radius 1 is 1.30 bits per heavy atom. The summed E-state index contributed by atoms with van der Waals surface area (Å²) in [5, 5.41) is 16.0. The van der Waals surface area contributed by atoms with E-state index in [4.69, 9.17) is 9.63 Å². The zero-order valence-electron chi connectivity index (χ0n) is 11.5. The summed E-state index contributed by atoms with van der Waals surface area (Å²) in [5.41, 5.74) is 2.13. The van der Waals surface area contributed by atoms with Crippen molar-refractivity contribution in [2.24, 2.45) is 0 Å². The van der Waals surface area contributed by atoms with E-state index in [1.807, 2.05) is 20.8 Å². The minimum Gasteiger partial charge on any atom is -0.503 e. The van der Waals surface area contributed by atoms with Crippen LogP contribution in [-0.4, -0.2) is 10.3 Å². The molecule has 0 aliphatic heterocycles. The van der Waals surface area contributed by atoms with Gasteiger partial charge in [-0.25, -0.2) is 8.78 Å². The fraction of sp³-hybridized carbons (Fsp3) is 0.357. The maximum absolute atomic E-state index is 13.2. The van der Waals surface area contributed by atoms with Gasteiger partial charge in [-0.05, 0) is 38.5 Å². The monoisotopic (exact) mass is 282 g/mol. The van der Waals surface area contributed by atoms with Gasteiger partial charge in [0, 0.05) is 18.2 Å². The molecule has 1 heterocycles. The lowest BCUT2D eigenvalue weighted by molar-refractivity contribution is 0.390. The van der Waals surface area contributed by atoms with Gasteiger partial charge in [0.15, 0.2) is 17.4 Å². The van der Waals surface area contributed by atoms with Gasteiger partial charge in [-0.2, -0.15) is 0 Å². The van der Waals surface area contributed by atoms with Gasteiger partial charge >= 0.3 is 0 Å². The van der Waals surface area contributed by atoms with Crippen LogP contribution in [0.2, 0.25) is 0 Å². The molecule has 0 bridgehead atoms. The van der Waals surface area contributed by atoms with Crippen LogP contribution < -0.4 is 5.32 Å². The first-order valence-corrected chi connectivity index (χ1v) is 6.23. The van der Waals surface area contributed by atoms with Crippen molar-refractivity contribution in [1.29, 1.82) is 0 Å². The second-order valence-corrected chi connectivity index (χ2v) is 4.75. The van der Waals surface area contributed by atoms with Crippen LogP contribution in [-0.2, 0) is 6.54 Å². The summed E-state index contributed by atoms with van der Waals surface area (Å²) in [6.45, 7) is 5.83. The summed E-state index contributed by atoms with van der Waals surface area (Å²) in [4.78, 5) is 0. The lowest BCUT2D eigenvalue weighted by Crippen LogP contribution is -2.19. The zero-order chi connectivity index (χ0) is 14.9. The predicted molar refractivity (Wildman–Crippen MR) is 69.3 cm³/mol. The number of aromatic hydroxyl groups is 1. The number of aryl methyl sites for hydroxylation is 2. The van der Waals surface area contributed by atoms with Gasteiger partial charge in [0.1, 0.15) is 5.76 Å². The van der Waals surface area contributed by atoms with Gasteiger partial charge in [0.05, 0.1) is 5.69 Å². The predicted octanol–water partition coefficient (Wildman–Crippen LogP) is 3.13. The number of nitrogens with one attached hydrogen (secondary N) is 1. The molecule has 0 aliphatic rings. The Hall–Kier alpha value is -1.95. The van der Waals surface area contributed by atoms with Crippen LogP contribution in [0.25, 0.3) is 0 Å². The molecular formula is C14H16F2N2O2. The molecule has 0 amide bonds. The number of phenolic OH excluding ortho intramolecular Hbond substituents is 1. The van der Waals surface area contributed by atoms with E-state index >= 15 is 0 Å². The first kappa shape index (κ1) is 14.5. The maximum Gasteiger partial charge on any atom is 0.187 e. The van der Waals surface area contributed by atoms with Crippen LogP contribution in [0, 0.1) is 25.5 Å². The Labute approximate surface area is 115 Å². The van der Waals surface area contributed by atoms with Crippen LogP contribution in [0.1, 0.15) is 35.5 Å². The average molecular weight is 282 g/mol. The molecule has 0 aliphatic carbocycles. The van der Waals surface area contributed by atoms with Crippen LogP contribution in [0.5, 0.6) is 5.75 Å². The minimum absolute atomic E-state index is 0.0684. The minimum atomic E-state index is -0.966. The second-order valence-electron chi connectivity index (χ2n) is 4.75. The van der Waals surface area contributed by atoms with Crippen molar-refractivity contribution in [2.45, 2.75) is 33.4 Å². The number of aromatic nitrogens is 1. The number of hydrogen-bond acceptors (Lipinski definition) is 4. The quantitative estimate of drug-likeness (QED) is 0.904. The molecule has 0 saturated carbocycles. The summed E-state index contributed by atoms with van der Waals surface area (Å²) in [6.07, 6.45) is 0. The highest BCUT2D eigenvalue weighted by atomic mass is 19.1. The van der Waals surface area contributed by atoms with Crippen molar-refractivity contribution in [3.63, 3.8) is 0 Å². The van der Waals surface area contributed by atoms with Gasteiger partial charge in [-0.3, -0.25) is 0 Å². The Balaban J connectivity index is 2.09. The molecule has 1 unspecified atom stereocenters. The van der Waals surface area contributed by atoms with E-state index in [1.165, 1.54) is 0 Å². The zero-order valence-corrected chi connectivity index (χ0v) is 11.5. The molecule has 0 fully saturated rings. The largest absolute Gasteiger partial charge is 0.503 e. The van der Waals surface area contributed by atoms with Crippen LogP contribution >= 0.6 is 0 Å². The molecule has 20 heavy (non-hydrogen) atoms. The van der Waals surface area contributed by atoms with Crippen molar-refractivity contribution >= 4 is 0 Å². The summed E-state index contributed by atoms with van der Waals surface area (Å²) in [5.74, 6) is -2.17. The fourth-order valence-electron chi connectivity index (χ4n) is 2.20. The summed E-state index contributed by atoms with van der Waals surface area (Å²) in [6, 6.07) is 2.14. The first-order chi connectivity index (χ1) is 9.40. The summed E-state index contributed by atoms with van der Waals surface area (Å²) < 4.78 is 31.5. The van der Waals surface area contributed by atoms with Gasteiger partial charge in [0.25, 0.3) is 0 Å². The molecule has 2 rings (SSSR count). The summed E-state index contributed by atoms with van der Waals surface area (Å²) in [7, 11) is 0. The van der Waals surface area contributed by atoms with Gasteiger partial charge in [-0.15, -0.1) is 0 Å². The Bertz CT molecular complexity index is 583. The third-order valence-corrected chi connectivity index (χ3v) is 3.21. The highest BCUT2D eigenvalue weighted by molar-refractivity contribution is 5.30. The fourth-order valence-corrected chi connectivity index (χ4v) is 2.20. The Morgan fingerprint density at radius 3 is 2.40 bits per heavy atom. The second kappa shape index (κ2) is 5.58. The van der Waals surface area contributed by atoms with E-state index in [0.717, 1.165) is 23.4 Å². The molecule has 1 aromatic heterocycles. The summed E-state index contributed by atoms with van der Waals surface area (Å²) >= 11 is 0. The molecule has 0 saturated heterocycles. The van der Waals surface area contributed by atoms with E-state index in [-0.39, 0.29) is 12.6 Å².